The molecular weight excluding hydrogens is 215 g/mol. The molecule has 0 bridgehead atoms. The van der Waals surface area contributed by atoms with Gasteiger partial charge in [0.15, 0.2) is 0 Å². The van der Waals surface area contributed by atoms with Crippen LogP contribution in [0.25, 0.3) is 0 Å². The van der Waals surface area contributed by atoms with E-state index in [0.717, 1.165) is 18.8 Å². The third-order valence-corrected chi connectivity index (χ3v) is 4.05. The number of anilines is 1. The molecule has 2 aliphatic rings. The van der Waals surface area contributed by atoms with E-state index in [1.807, 2.05) is 12.1 Å². The Bertz CT molecular complexity index is 392. The van der Waals surface area contributed by atoms with Crippen LogP contribution in [-0.4, -0.2) is 25.2 Å². The topological polar surface area (TPSA) is 15.3 Å². The van der Waals surface area contributed by atoms with Gasteiger partial charge in [-0.2, -0.15) is 0 Å². The van der Waals surface area contributed by atoms with Crippen LogP contribution in [0.2, 0.25) is 0 Å². The molecule has 3 rings (SSSR count). The third-order valence-electron chi connectivity index (χ3n) is 4.05. The molecule has 17 heavy (non-hydrogen) atoms. The monoisotopic (exact) mass is 234 g/mol. The SMILES string of the molecule is Fc1ccccc1N1CCNC2CCCCC21. The standard InChI is InChI=1S/C14H19FN2/c15-11-5-1-3-7-13(11)17-10-9-16-12-6-2-4-8-14(12)17/h1,3,5,7,12,14,16H,2,4,6,8-10H2. The van der Waals surface area contributed by atoms with Crippen LogP contribution in [-0.2, 0) is 0 Å². The van der Waals surface area contributed by atoms with Crippen LogP contribution in [0, 0.1) is 5.82 Å². The number of rotatable bonds is 1. The van der Waals surface area contributed by atoms with E-state index in [0.29, 0.717) is 12.1 Å². The second kappa shape index (κ2) is 4.65. The maximum atomic E-state index is 13.9. The van der Waals surface area contributed by atoms with Gasteiger partial charge in [-0.3, -0.25) is 0 Å². The van der Waals surface area contributed by atoms with Gasteiger partial charge < -0.3 is 10.2 Å². The minimum absolute atomic E-state index is 0.0845. The molecule has 1 aromatic rings. The largest absolute Gasteiger partial charge is 0.363 e. The summed E-state index contributed by atoms with van der Waals surface area (Å²) >= 11 is 0. The number of halogens is 1. The molecule has 0 amide bonds. The molecule has 1 saturated heterocycles. The Balaban J connectivity index is 1.88. The summed E-state index contributed by atoms with van der Waals surface area (Å²) in [6.45, 7) is 1.89. The summed E-state index contributed by atoms with van der Waals surface area (Å²) < 4.78 is 13.9. The Morgan fingerprint density at radius 1 is 1.18 bits per heavy atom. The van der Waals surface area contributed by atoms with E-state index in [9.17, 15) is 4.39 Å². The summed E-state index contributed by atoms with van der Waals surface area (Å²) in [5, 5.41) is 3.58. The minimum Gasteiger partial charge on any atom is -0.363 e. The molecule has 1 saturated carbocycles. The number of piperazine rings is 1. The molecule has 92 valence electrons. The molecule has 0 aromatic heterocycles. The van der Waals surface area contributed by atoms with Crippen molar-refractivity contribution in [3.63, 3.8) is 0 Å². The molecule has 2 unspecified atom stereocenters. The summed E-state index contributed by atoms with van der Waals surface area (Å²) in [6.07, 6.45) is 4.99. The number of nitrogens with zero attached hydrogens (tertiary/aromatic N) is 1. The number of nitrogens with one attached hydrogen (secondary N) is 1. The quantitative estimate of drug-likeness (QED) is 0.803. The molecular formula is C14H19FN2. The molecule has 1 heterocycles. The molecule has 1 aliphatic heterocycles. The van der Waals surface area contributed by atoms with Crippen molar-refractivity contribution >= 4 is 5.69 Å². The van der Waals surface area contributed by atoms with E-state index in [4.69, 9.17) is 0 Å². The summed E-state index contributed by atoms with van der Waals surface area (Å²) in [4.78, 5) is 2.27. The highest BCUT2D eigenvalue weighted by atomic mass is 19.1. The molecule has 2 atom stereocenters. The van der Waals surface area contributed by atoms with Crippen molar-refractivity contribution in [3.8, 4) is 0 Å². The number of hydrogen-bond acceptors (Lipinski definition) is 2. The van der Waals surface area contributed by atoms with Gasteiger partial charge in [0.2, 0.25) is 0 Å². The highest BCUT2D eigenvalue weighted by Crippen LogP contribution is 2.30. The van der Waals surface area contributed by atoms with E-state index in [1.165, 1.54) is 25.7 Å². The fourth-order valence-electron chi connectivity index (χ4n) is 3.24. The van der Waals surface area contributed by atoms with Crippen LogP contribution in [0.4, 0.5) is 10.1 Å². The van der Waals surface area contributed by atoms with Crippen molar-refractivity contribution in [2.45, 2.75) is 37.8 Å². The zero-order valence-corrected chi connectivity index (χ0v) is 10.0. The van der Waals surface area contributed by atoms with Crippen molar-refractivity contribution < 1.29 is 4.39 Å². The zero-order valence-electron chi connectivity index (χ0n) is 10.0. The second-order valence-electron chi connectivity index (χ2n) is 5.06. The summed E-state index contributed by atoms with van der Waals surface area (Å²) in [6, 6.07) is 8.20. The molecule has 2 nitrogen and oxygen atoms in total. The van der Waals surface area contributed by atoms with E-state index in [1.54, 1.807) is 12.1 Å². The average molecular weight is 234 g/mol. The van der Waals surface area contributed by atoms with Crippen molar-refractivity contribution in [2.24, 2.45) is 0 Å². The van der Waals surface area contributed by atoms with E-state index < -0.39 is 0 Å². The predicted octanol–water partition coefficient (Wildman–Crippen LogP) is 2.55. The summed E-state index contributed by atoms with van der Waals surface area (Å²) in [5.41, 5.74) is 0.783. The molecule has 1 aliphatic carbocycles. The van der Waals surface area contributed by atoms with Crippen molar-refractivity contribution in [1.29, 1.82) is 0 Å². The van der Waals surface area contributed by atoms with Crippen LogP contribution >= 0.6 is 0 Å². The lowest BCUT2D eigenvalue weighted by Gasteiger charge is -2.46. The first-order valence-electron chi connectivity index (χ1n) is 6.61. The van der Waals surface area contributed by atoms with Gasteiger partial charge in [0.05, 0.1) is 5.69 Å². The van der Waals surface area contributed by atoms with Crippen LogP contribution < -0.4 is 10.2 Å². The fraction of sp³-hybridized carbons (Fsp3) is 0.571. The van der Waals surface area contributed by atoms with E-state index >= 15 is 0 Å². The van der Waals surface area contributed by atoms with E-state index in [-0.39, 0.29) is 5.82 Å². The average Bonchev–Trinajstić information content (AvgIpc) is 2.39. The first-order valence-corrected chi connectivity index (χ1v) is 6.61. The summed E-state index contributed by atoms with van der Waals surface area (Å²) in [7, 11) is 0. The van der Waals surface area contributed by atoms with Gasteiger partial charge >= 0.3 is 0 Å². The lowest BCUT2D eigenvalue weighted by Crippen LogP contribution is -2.59. The van der Waals surface area contributed by atoms with Gasteiger partial charge in [0.25, 0.3) is 0 Å². The molecule has 0 spiro atoms. The Labute approximate surface area is 102 Å². The predicted molar refractivity (Wildman–Crippen MR) is 67.8 cm³/mol. The number of hydrogen-bond donors (Lipinski definition) is 1. The molecule has 1 aromatic carbocycles. The van der Waals surface area contributed by atoms with Gasteiger partial charge in [-0.15, -0.1) is 0 Å². The normalized spacial score (nSPS) is 28.9. The van der Waals surface area contributed by atoms with E-state index in [2.05, 4.69) is 10.2 Å². The lowest BCUT2D eigenvalue weighted by molar-refractivity contribution is 0.282. The van der Waals surface area contributed by atoms with Gasteiger partial charge in [-0.05, 0) is 25.0 Å². The van der Waals surface area contributed by atoms with Gasteiger partial charge in [-0.25, -0.2) is 4.39 Å². The second-order valence-corrected chi connectivity index (χ2v) is 5.06. The van der Waals surface area contributed by atoms with Crippen molar-refractivity contribution in [3.05, 3.63) is 30.1 Å². The third kappa shape index (κ3) is 2.04. The smallest absolute Gasteiger partial charge is 0.146 e. The summed E-state index contributed by atoms with van der Waals surface area (Å²) in [5.74, 6) is -0.0845. The van der Waals surface area contributed by atoms with Crippen LogP contribution in [0.5, 0.6) is 0 Å². The van der Waals surface area contributed by atoms with Crippen molar-refractivity contribution in [1.82, 2.24) is 5.32 Å². The Morgan fingerprint density at radius 3 is 2.88 bits per heavy atom. The van der Waals surface area contributed by atoms with Gasteiger partial charge in [-0.1, -0.05) is 25.0 Å². The first-order chi connectivity index (χ1) is 8.36. The zero-order chi connectivity index (χ0) is 11.7. The molecule has 1 N–H and O–H groups in total. The van der Waals surface area contributed by atoms with Crippen LogP contribution in [0.1, 0.15) is 25.7 Å². The molecule has 3 heteroatoms. The maximum absolute atomic E-state index is 13.9. The number of benzene rings is 1. The highest BCUT2D eigenvalue weighted by molar-refractivity contribution is 5.49. The first kappa shape index (κ1) is 11.0. The Hall–Kier alpha value is -1.09. The van der Waals surface area contributed by atoms with Crippen LogP contribution in [0.3, 0.4) is 0 Å². The van der Waals surface area contributed by atoms with Gasteiger partial charge in [0, 0.05) is 25.2 Å². The van der Waals surface area contributed by atoms with Crippen LogP contribution in [0.15, 0.2) is 24.3 Å². The highest BCUT2D eigenvalue weighted by Gasteiger charge is 2.33. The molecule has 2 fully saturated rings. The Morgan fingerprint density at radius 2 is 2.00 bits per heavy atom. The minimum atomic E-state index is -0.0845. The van der Waals surface area contributed by atoms with Crippen molar-refractivity contribution in [2.75, 3.05) is 18.0 Å². The molecule has 0 radical (unpaired) electrons. The Kier molecular flexibility index (Phi) is 3.02. The number of fused-ring (bicyclic) bond motifs is 1. The van der Waals surface area contributed by atoms with Gasteiger partial charge in [0.1, 0.15) is 5.82 Å². The fourth-order valence-corrected chi connectivity index (χ4v) is 3.24. The number of para-hydroxylation sites is 1. The maximum Gasteiger partial charge on any atom is 0.146 e. The lowest BCUT2D eigenvalue weighted by atomic mass is 9.87.